The minimum absolute atomic E-state index is 0.200. The minimum atomic E-state index is -0.663. The highest BCUT2D eigenvalue weighted by atomic mass is 32.1. The van der Waals surface area contributed by atoms with Crippen molar-refractivity contribution >= 4 is 22.4 Å². The molecular weight excluding hydrogens is 226 g/mol. The van der Waals surface area contributed by atoms with Gasteiger partial charge in [-0.1, -0.05) is 24.2 Å². The number of aromatic nitrogens is 2. The number of rotatable bonds is 4. The van der Waals surface area contributed by atoms with Crippen LogP contribution in [0.15, 0.2) is 5.51 Å². The molecule has 1 aromatic rings. The van der Waals surface area contributed by atoms with Crippen LogP contribution in [-0.2, 0) is 4.79 Å². The molecule has 1 aliphatic rings. The molecule has 0 aliphatic heterocycles. The number of carboxylic acids is 1. The number of carboxylic acid groups (broad SMARTS) is 1. The van der Waals surface area contributed by atoms with Gasteiger partial charge in [0.05, 0.1) is 5.92 Å². The molecule has 16 heavy (non-hydrogen) atoms. The molecule has 0 saturated heterocycles. The van der Waals surface area contributed by atoms with E-state index in [0.29, 0.717) is 6.54 Å². The Labute approximate surface area is 97.9 Å². The Morgan fingerprint density at radius 3 is 3.06 bits per heavy atom. The first-order chi connectivity index (χ1) is 7.77. The van der Waals surface area contributed by atoms with Gasteiger partial charge in [-0.3, -0.25) is 4.79 Å². The molecule has 0 aromatic carbocycles. The smallest absolute Gasteiger partial charge is 0.306 e. The SMILES string of the molecule is O=C(O)C1CCCCC1CNc1nncs1. The molecule has 6 heteroatoms. The predicted octanol–water partition coefficient (Wildman–Crippen LogP) is 1.84. The van der Waals surface area contributed by atoms with E-state index in [1.165, 1.54) is 11.3 Å². The van der Waals surface area contributed by atoms with Gasteiger partial charge in [0.25, 0.3) is 0 Å². The largest absolute Gasteiger partial charge is 0.481 e. The molecule has 2 atom stereocenters. The summed E-state index contributed by atoms with van der Waals surface area (Å²) in [5, 5.41) is 20.7. The topological polar surface area (TPSA) is 75.1 Å². The fraction of sp³-hybridized carbons (Fsp3) is 0.700. The number of anilines is 1. The van der Waals surface area contributed by atoms with Crippen LogP contribution < -0.4 is 5.32 Å². The summed E-state index contributed by atoms with van der Waals surface area (Å²) in [7, 11) is 0. The summed E-state index contributed by atoms with van der Waals surface area (Å²) in [5.74, 6) is -0.645. The molecule has 0 spiro atoms. The van der Waals surface area contributed by atoms with Crippen molar-refractivity contribution in [3.05, 3.63) is 5.51 Å². The van der Waals surface area contributed by atoms with Crippen molar-refractivity contribution in [2.75, 3.05) is 11.9 Å². The lowest BCUT2D eigenvalue weighted by Gasteiger charge is -2.28. The first-order valence-electron chi connectivity index (χ1n) is 5.50. The standard InChI is InChI=1S/C10H15N3O2S/c14-9(15)8-4-2-1-3-7(8)5-11-10-13-12-6-16-10/h6-8H,1-5H2,(H,11,13)(H,14,15). The molecule has 2 rings (SSSR count). The van der Waals surface area contributed by atoms with E-state index in [2.05, 4.69) is 15.5 Å². The quantitative estimate of drug-likeness (QED) is 0.841. The number of hydrogen-bond donors (Lipinski definition) is 2. The average molecular weight is 241 g/mol. The summed E-state index contributed by atoms with van der Waals surface area (Å²) in [6, 6.07) is 0. The third kappa shape index (κ3) is 2.69. The van der Waals surface area contributed by atoms with E-state index >= 15 is 0 Å². The van der Waals surface area contributed by atoms with Crippen LogP contribution in [-0.4, -0.2) is 27.8 Å². The van der Waals surface area contributed by atoms with Crippen LogP contribution >= 0.6 is 11.3 Å². The van der Waals surface area contributed by atoms with Gasteiger partial charge in [-0.15, -0.1) is 10.2 Å². The van der Waals surface area contributed by atoms with Crippen molar-refractivity contribution in [1.29, 1.82) is 0 Å². The maximum absolute atomic E-state index is 11.1. The molecule has 2 unspecified atom stereocenters. The Bertz CT molecular complexity index is 342. The summed E-state index contributed by atoms with van der Waals surface area (Å²) in [6.45, 7) is 0.687. The monoisotopic (exact) mass is 241 g/mol. The molecule has 88 valence electrons. The first-order valence-corrected chi connectivity index (χ1v) is 6.38. The van der Waals surface area contributed by atoms with E-state index in [4.69, 9.17) is 5.11 Å². The van der Waals surface area contributed by atoms with Gasteiger partial charge >= 0.3 is 5.97 Å². The van der Waals surface area contributed by atoms with Crippen molar-refractivity contribution in [3.63, 3.8) is 0 Å². The maximum atomic E-state index is 11.1. The zero-order valence-corrected chi connectivity index (χ0v) is 9.74. The van der Waals surface area contributed by atoms with E-state index in [1.54, 1.807) is 5.51 Å². The molecule has 1 fully saturated rings. The zero-order chi connectivity index (χ0) is 11.4. The van der Waals surface area contributed by atoms with Crippen LogP contribution in [0.25, 0.3) is 0 Å². The summed E-state index contributed by atoms with van der Waals surface area (Å²) in [5.41, 5.74) is 1.66. The molecule has 0 bridgehead atoms. The van der Waals surface area contributed by atoms with E-state index in [-0.39, 0.29) is 11.8 Å². The zero-order valence-electron chi connectivity index (χ0n) is 8.93. The number of hydrogen-bond acceptors (Lipinski definition) is 5. The first kappa shape index (κ1) is 11.3. The fourth-order valence-electron chi connectivity index (χ4n) is 2.25. The van der Waals surface area contributed by atoms with Crippen molar-refractivity contribution in [2.24, 2.45) is 11.8 Å². The normalized spacial score (nSPS) is 25.2. The summed E-state index contributed by atoms with van der Waals surface area (Å²) in [6.07, 6.45) is 3.96. The van der Waals surface area contributed by atoms with E-state index < -0.39 is 5.97 Å². The Balaban J connectivity index is 1.89. The van der Waals surface area contributed by atoms with Gasteiger partial charge in [-0.25, -0.2) is 0 Å². The van der Waals surface area contributed by atoms with Gasteiger partial charge in [-0.2, -0.15) is 0 Å². The van der Waals surface area contributed by atoms with Gasteiger partial charge in [0.1, 0.15) is 5.51 Å². The second-order valence-corrected chi connectivity index (χ2v) is 4.95. The lowest BCUT2D eigenvalue weighted by atomic mass is 9.79. The molecule has 1 saturated carbocycles. The third-order valence-electron chi connectivity index (χ3n) is 3.10. The van der Waals surface area contributed by atoms with Gasteiger partial charge in [0.15, 0.2) is 0 Å². The van der Waals surface area contributed by atoms with Crippen molar-refractivity contribution in [2.45, 2.75) is 25.7 Å². The van der Waals surface area contributed by atoms with Gasteiger partial charge in [0.2, 0.25) is 5.13 Å². The average Bonchev–Trinajstić information content (AvgIpc) is 2.79. The van der Waals surface area contributed by atoms with Crippen LogP contribution in [0.5, 0.6) is 0 Å². The lowest BCUT2D eigenvalue weighted by molar-refractivity contribution is -0.144. The van der Waals surface area contributed by atoms with Crippen molar-refractivity contribution in [3.8, 4) is 0 Å². The highest BCUT2D eigenvalue weighted by Gasteiger charge is 2.30. The number of nitrogens with zero attached hydrogens (tertiary/aromatic N) is 2. The van der Waals surface area contributed by atoms with E-state index in [9.17, 15) is 4.79 Å². The molecule has 0 amide bonds. The maximum Gasteiger partial charge on any atom is 0.306 e. The van der Waals surface area contributed by atoms with Crippen LogP contribution in [0.4, 0.5) is 5.13 Å². The van der Waals surface area contributed by atoms with Crippen LogP contribution in [0, 0.1) is 11.8 Å². The Morgan fingerprint density at radius 2 is 2.38 bits per heavy atom. The molecule has 2 N–H and O–H groups in total. The lowest BCUT2D eigenvalue weighted by Crippen LogP contribution is -2.31. The Hall–Kier alpha value is -1.17. The molecule has 1 aromatic heterocycles. The Kier molecular flexibility index (Phi) is 3.71. The Morgan fingerprint density at radius 1 is 1.56 bits per heavy atom. The summed E-state index contributed by atoms with van der Waals surface area (Å²) < 4.78 is 0. The highest BCUT2D eigenvalue weighted by molar-refractivity contribution is 7.13. The number of carbonyl (C=O) groups is 1. The fourth-order valence-corrected chi connectivity index (χ4v) is 2.70. The molecule has 1 aliphatic carbocycles. The second kappa shape index (κ2) is 5.25. The number of nitrogens with one attached hydrogen (secondary N) is 1. The summed E-state index contributed by atoms with van der Waals surface area (Å²) in [4.78, 5) is 11.1. The predicted molar refractivity (Wildman–Crippen MR) is 61.5 cm³/mol. The van der Waals surface area contributed by atoms with Crippen molar-refractivity contribution in [1.82, 2.24) is 10.2 Å². The summed E-state index contributed by atoms with van der Waals surface area (Å²) >= 11 is 1.44. The third-order valence-corrected chi connectivity index (χ3v) is 3.75. The van der Waals surface area contributed by atoms with Gasteiger partial charge < -0.3 is 10.4 Å². The van der Waals surface area contributed by atoms with Gasteiger partial charge in [-0.05, 0) is 18.8 Å². The van der Waals surface area contributed by atoms with Crippen LogP contribution in [0.3, 0.4) is 0 Å². The van der Waals surface area contributed by atoms with Crippen LogP contribution in [0.2, 0.25) is 0 Å². The highest BCUT2D eigenvalue weighted by Crippen LogP contribution is 2.30. The van der Waals surface area contributed by atoms with E-state index in [0.717, 1.165) is 30.8 Å². The van der Waals surface area contributed by atoms with Crippen LogP contribution in [0.1, 0.15) is 25.7 Å². The van der Waals surface area contributed by atoms with Crippen molar-refractivity contribution < 1.29 is 9.90 Å². The minimum Gasteiger partial charge on any atom is -0.481 e. The molecular formula is C10H15N3O2S. The van der Waals surface area contributed by atoms with Gasteiger partial charge in [0, 0.05) is 6.54 Å². The molecule has 0 radical (unpaired) electrons. The van der Waals surface area contributed by atoms with E-state index in [1.807, 2.05) is 0 Å². The second-order valence-electron chi connectivity index (χ2n) is 4.11. The molecule has 1 heterocycles. The molecule has 5 nitrogen and oxygen atoms in total. The number of aliphatic carboxylic acids is 1.